The molecule has 0 unspecified atom stereocenters. The minimum absolute atomic E-state index is 0.235. The first-order valence-corrected chi connectivity index (χ1v) is 8.75. The molecule has 0 saturated heterocycles. The van der Waals surface area contributed by atoms with Gasteiger partial charge in [0.2, 0.25) is 11.8 Å². The number of amides is 2. The third kappa shape index (κ3) is 5.82. The van der Waals surface area contributed by atoms with Gasteiger partial charge in [-0.25, -0.2) is 4.79 Å². The average Bonchev–Trinajstić information content (AvgIpc) is 2.63. The summed E-state index contributed by atoms with van der Waals surface area (Å²) in [6, 6.07) is 11.8. The lowest BCUT2D eigenvalue weighted by molar-refractivity contribution is -0.123. The number of carbonyl (C=O) groups excluding carboxylic acids is 3. The number of nitrogens with one attached hydrogen (secondary N) is 2. The molecule has 27 heavy (non-hydrogen) atoms. The molecule has 0 saturated carbocycles. The normalized spacial score (nSPS) is 10.4. The predicted molar refractivity (Wildman–Crippen MR) is 105 cm³/mol. The minimum Gasteiger partial charge on any atom is -0.465 e. The molecule has 2 N–H and O–H groups in total. The van der Waals surface area contributed by atoms with Gasteiger partial charge in [-0.2, -0.15) is 0 Å². The quantitative estimate of drug-likeness (QED) is 0.573. The van der Waals surface area contributed by atoms with Crippen LogP contribution >= 0.6 is 11.6 Å². The van der Waals surface area contributed by atoms with Crippen LogP contribution in [0.2, 0.25) is 5.02 Å². The first kappa shape index (κ1) is 20.5. The summed E-state index contributed by atoms with van der Waals surface area (Å²) in [7, 11) is 1.26. The maximum atomic E-state index is 12.1. The SMILES string of the molecule is COC(=O)c1ccc(Cl)c(NC(=O)CC(=O)Nc2ccc(C(C)C)cc2)c1. The molecule has 7 heteroatoms. The Bertz CT molecular complexity index is 848. The van der Waals surface area contributed by atoms with Crippen molar-refractivity contribution in [1.29, 1.82) is 0 Å². The van der Waals surface area contributed by atoms with Crippen molar-refractivity contribution < 1.29 is 19.1 Å². The van der Waals surface area contributed by atoms with Crippen LogP contribution in [-0.4, -0.2) is 24.9 Å². The highest BCUT2D eigenvalue weighted by molar-refractivity contribution is 6.34. The zero-order valence-corrected chi connectivity index (χ0v) is 16.1. The van der Waals surface area contributed by atoms with E-state index in [9.17, 15) is 14.4 Å². The molecule has 0 aliphatic heterocycles. The summed E-state index contributed by atoms with van der Waals surface area (Å²) in [5.74, 6) is -1.16. The Hall–Kier alpha value is -2.86. The summed E-state index contributed by atoms with van der Waals surface area (Å²) in [5, 5.41) is 5.45. The van der Waals surface area contributed by atoms with E-state index >= 15 is 0 Å². The summed E-state index contributed by atoms with van der Waals surface area (Å²) in [6.07, 6.45) is -0.384. The maximum Gasteiger partial charge on any atom is 0.337 e. The lowest BCUT2D eigenvalue weighted by Gasteiger charge is -2.10. The van der Waals surface area contributed by atoms with Gasteiger partial charge in [0, 0.05) is 5.69 Å². The van der Waals surface area contributed by atoms with E-state index in [-0.39, 0.29) is 22.7 Å². The molecule has 0 aliphatic rings. The van der Waals surface area contributed by atoms with Gasteiger partial charge in [-0.1, -0.05) is 37.6 Å². The standard InChI is InChI=1S/C20H21ClN2O4/c1-12(2)13-4-7-15(8-5-13)22-18(24)11-19(25)23-17-10-14(20(26)27-3)6-9-16(17)21/h4-10,12H,11H2,1-3H3,(H,22,24)(H,23,25). The molecule has 0 bridgehead atoms. The maximum absolute atomic E-state index is 12.1. The third-order valence-corrected chi connectivity index (χ3v) is 4.17. The molecule has 2 aromatic carbocycles. The fraction of sp³-hybridized carbons (Fsp3) is 0.250. The molecule has 2 aromatic rings. The topological polar surface area (TPSA) is 84.5 Å². The second-order valence-corrected chi connectivity index (χ2v) is 6.64. The molecule has 0 radical (unpaired) electrons. The number of rotatable bonds is 6. The van der Waals surface area contributed by atoms with Crippen molar-refractivity contribution in [2.75, 3.05) is 17.7 Å². The summed E-state index contributed by atoms with van der Waals surface area (Å²) in [6.45, 7) is 4.16. The molecule has 142 valence electrons. The van der Waals surface area contributed by atoms with Gasteiger partial charge in [0.05, 0.1) is 23.4 Å². The van der Waals surface area contributed by atoms with Crippen LogP contribution in [0, 0.1) is 0 Å². The number of carbonyl (C=O) groups is 3. The summed E-state index contributed by atoms with van der Waals surface area (Å²) < 4.78 is 4.63. The van der Waals surface area contributed by atoms with Gasteiger partial charge in [-0.15, -0.1) is 0 Å². The Labute approximate surface area is 162 Å². The first-order chi connectivity index (χ1) is 12.8. The van der Waals surface area contributed by atoms with Crippen molar-refractivity contribution >= 4 is 40.8 Å². The molecule has 0 aliphatic carbocycles. The second kappa shape index (κ2) is 9.19. The van der Waals surface area contributed by atoms with Crippen LogP contribution < -0.4 is 10.6 Å². The van der Waals surface area contributed by atoms with Crippen LogP contribution in [0.15, 0.2) is 42.5 Å². The van der Waals surface area contributed by atoms with Crippen molar-refractivity contribution in [3.8, 4) is 0 Å². The highest BCUT2D eigenvalue weighted by Gasteiger charge is 2.14. The lowest BCUT2D eigenvalue weighted by atomic mass is 10.0. The van der Waals surface area contributed by atoms with Crippen LogP contribution in [0.5, 0.6) is 0 Å². The van der Waals surface area contributed by atoms with Gasteiger partial charge in [-0.3, -0.25) is 9.59 Å². The summed E-state index contributed by atoms with van der Waals surface area (Å²) in [5.41, 5.74) is 2.25. The molecule has 0 atom stereocenters. The van der Waals surface area contributed by atoms with E-state index in [1.54, 1.807) is 12.1 Å². The first-order valence-electron chi connectivity index (χ1n) is 8.37. The fourth-order valence-electron chi connectivity index (χ4n) is 2.36. The van der Waals surface area contributed by atoms with Crippen molar-refractivity contribution in [3.05, 3.63) is 58.6 Å². The summed E-state index contributed by atoms with van der Waals surface area (Å²) >= 11 is 6.03. The number of ether oxygens (including phenoxy) is 1. The third-order valence-electron chi connectivity index (χ3n) is 3.84. The molecule has 2 rings (SSSR count). The fourth-order valence-corrected chi connectivity index (χ4v) is 2.53. The van der Waals surface area contributed by atoms with Crippen LogP contribution in [0.3, 0.4) is 0 Å². The molecule has 0 spiro atoms. The van der Waals surface area contributed by atoms with Crippen molar-refractivity contribution in [2.45, 2.75) is 26.2 Å². The molecule has 6 nitrogen and oxygen atoms in total. The number of hydrogen-bond donors (Lipinski definition) is 2. The van der Waals surface area contributed by atoms with Gasteiger partial charge in [0.1, 0.15) is 6.42 Å². The van der Waals surface area contributed by atoms with Gasteiger partial charge in [-0.05, 0) is 41.8 Å². The van der Waals surface area contributed by atoms with E-state index in [2.05, 4.69) is 29.2 Å². The summed E-state index contributed by atoms with van der Waals surface area (Å²) in [4.78, 5) is 35.7. The highest BCUT2D eigenvalue weighted by atomic mass is 35.5. The molecular formula is C20H21ClN2O4. The predicted octanol–water partition coefficient (Wildman–Crippen LogP) is 4.22. The Morgan fingerprint density at radius 1 is 1.00 bits per heavy atom. The Morgan fingerprint density at radius 2 is 1.63 bits per heavy atom. The van der Waals surface area contributed by atoms with E-state index in [0.29, 0.717) is 11.6 Å². The highest BCUT2D eigenvalue weighted by Crippen LogP contribution is 2.24. The Kier molecular flexibility index (Phi) is 6.96. The van der Waals surface area contributed by atoms with Crippen molar-refractivity contribution in [2.24, 2.45) is 0 Å². The lowest BCUT2D eigenvalue weighted by Crippen LogP contribution is -2.21. The van der Waals surface area contributed by atoms with Gasteiger partial charge >= 0.3 is 5.97 Å². The van der Waals surface area contributed by atoms with Gasteiger partial charge < -0.3 is 15.4 Å². The number of halogens is 1. The molecule has 0 heterocycles. The van der Waals surface area contributed by atoms with E-state index < -0.39 is 17.8 Å². The van der Waals surface area contributed by atoms with Crippen LogP contribution in [0.4, 0.5) is 11.4 Å². The number of hydrogen-bond acceptors (Lipinski definition) is 4. The number of benzene rings is 2. The van der Waals surface area contributed by atoms with Crippen LogP contribution in [0.1, 0.15) is 42.1 Å². The monoisotopic (exact) mass is 388 g/mol. The van der Waals surface area contributed by atoms with Crippen molar-refractivity contribution in [3.63, 3.8) is 0 Å². The Morgan fingerprint density at radius 3 is 2.22 bits per heavy atom. The van der Waals surface area contributed by atoms with Crippen molar-refractivity contribution in [1.82, 2.24) is 0 Å². The van der Waals surface area contributed by atoms with E-state index in [4.69, 9.17) is 11.6 Å². The average molecular weight is 389 g/mol. The molecule has 2 amide bonds. The van der Waals surface area contributed by atoms with E-state index in [1.165, 1.54) is 25.3 Å². The number of esters is 1. The molecule has 0 fully saturated rings. The second-order valence-electron chi connectivity index (χ2n) is 6.24. The molecular weight excluding hydrogens is 368 g/mol. The van der Waals surface area contributed by atoms with E-state index in [1.807, 2.05) is 12.1 Å². The van der Waals surface area contributed by atoms with Crippen LogP contribution in [0.25, 0.3) is 0 Å². The molecule has 0 aromatic heterocycles. The number of anilines is 2. The van der Waals surface area contributed by atoms with Crippen LogP contribution in [-0.2, 0) is 14.3 Å². The van der Waals surface area contributed by atoms with E-state index in [0.717, 1.165) is 5.56 Å². The largest absolute Gasteiger partial charge is 0.465 e. The smallest absolute Gasteiger partial charge is 0.337 e. The zero-order chi connectivity index (χ0) is 20.0. The van der Waals surface area contributed by atoms with Gasteiger partial charge in [0.15, 0.2) is 0 Å². The minimum atomic E-state index is -0.551. The Balaban J connectivity index is 1.97. The zero-order valence-electron chi connectivity index (χ0n) is 15.3. The number of methoxy groups -OCH3 is 1. The van der Waals surface area contributed by atoms with Gasteiger partial charge in [0.25, 0.3) is 0 Å².